The summed E-state index contributed by atoms with van der Waals surface area (Å²) < 4.78 is 39.3. The van der Waals surface area contributed by atoms with Gasteiger partial charge in [0.25, 0.3) is 0 Å². The Morgan fingerprint density at radius 1 is 0.895 bits per heavy atom. The maximum Gasteiger partial charge on any atom is 0.126 e. The summed E-state index contributed by atoms with van der Waals surface area (Å²) in [4.78, 5) is 0. The van der Waals surface area contributed by atoms with E-state index in [1.165, 1.54) is 24.3 Å². The minimum atomic E-state index is -0.661. The van der Waals surface area contributed by atoms with Crippen molar-refractivity contribution >= 4 is 0 Å². The average Bonchev–Trinajstić information content (AvgIpc) is 2.34. The SMILES string of the molecule is OCC(Cc1cc(F)cc(F)c1)c1cccc(F)c1. The fourth-order valence-corrected chi connectivity index (χ4v) is 2.06. The third-order valence-electron chi connectivity index (χ3n) is 2.94. The Morgan fingerprint density at radius 2 is 1.58 bits per heavy atom. The van der Waals surface area contributed by atoms with Crippen LogP contribution in [-0.2, 0) is 6.42 Å². The molecule has 1 N–H and O–H groups in total. The molecule has 0 aliphatic carbocycles. The van der Waals surface area contributed by atoms with Crippen LogP contribution in [-0.4, -0.2) is 11.7 Å². The lowest BCUT2D eigenvalue weighted by Crippen LogP contribution is -2.08. The predicted octanol–water partition coefficient (Wildman–Crippen LogP) is 3.42. The quantitative estimate of drug-likeness (QED) is 0.899. The van der Waals surface area contributed by atoms with E-state index in [4.69, 9.17) is 0 Å². The van der Waals surface area contributed by atoms with E-state index >= 15 is 0 Å². The molecule has 2 rings (SSSR count). The van der Waals surface area contributed by atoms with Crippen LogP contribution in [0.4, 0.5) is 13.2 Å². The van der Waals surface area contributed by atoms with Gasteiger partial charge in [-0.05, 0) is 41.8 Å². The van der Waals surface area contributed by atoms with Crippen molar-refractivity contribution in [1.82, 2.24) is 0 Å². The summed E-state index contributed by atoms with van der Waals surface area (Å²) in [6.07, 6.45) is 0.245. The zero-order valence-electron chi connectivity index (χ0n) is 10.1. The first kappa shape index (κ1) is 13.6. The monoisotopic (exact) mass is 266 g/mol. The fourth-order valence-electron chi connectivity index (χ4n) is 2.06. The highest BCUT2D eigenvalue weighted by Gasteiger charge is 2.13. The van der Waals surface area contributed by atoms with E-state index in [0.29, 0.717) is 11.1 Å². The molecule has 0 saturated carbocycles. The van der Waals surface area contributed by atoms with Crippen molar-refractivity contribution in [3.05, 3.63) is 71.0 Å². The van der Waals surface area contributed by atoms with Crippen molar-refractivity contribution in [3.63, 3.8) is 0 Å². The van der Waals surface area contributed by atoms with Crippen LogP contribution in [0, 0.1) is 17.5 Å². The van der Waals surface area contributed by atoms with Crippen LogP contribution in [0.2, 0.25) is 0 Å². The molecule has 0 fully saturated rings. The van der Waals surface area contributed by atoms with Crippen molar-refractivity contribution in [3.8, 4) is 0 Å². The van der Waals surface area contributed by atoms with Crippen LogP contribution in [0.15, 0.2) is 42.5 Å². The van der Waals surface area contributed by atoms with Crippen molar-refractivity contribution < 1.29 is 18.3 Å². The molecule has 1 atom stereocenters. The zero-order chi connectivity index (χ0) is 13.8. The van der Waals surface area contributed by atoms with Gasteiger partial charge in [0, 0.05) is 12.0 Å². The van der Waals surface area contributed by atoms with Gasteiger partial charge in [0.2, 0.25) is 0 Å². The molecule has 1 unspecified atom stereocenters. The fraction of sp³-hybridized carbons (Fsp3) is 0.200. The van der Waals surface area contributed by atoms with Gasteiger partial charge >= 0.3 is 0 Å². The molecule has 19 heavy (non-hydrogen) atoms. The van der Waals surface area contributed by atoms with Gasteiger partial charge in [-0.1, -0.05) is 12.1 Å². The van der Waals surface area contributed by atoms with Gasteiger partial charge in [0.05, 0.1) is 6.61 Å². The molecule has 0 amide bonds. The van der Waals surface area contributed by atoms with Crippen LogP contribution >= 0.6 is 0 Å². The van der Waals surface area contributed by atoms with Gasteiger partial charge in [0.15, 0.2) is 0 Å². The number of aliphatic hydroxyl groups is 1. The molecule has 0 bridgehead atoms. The van der Waals surface area contributed by atoms with Crippen LogP contribution in [0.25, 0.3) is 0 Å². The smallest absolute Gasteiger partial charge is 0.126 e. The standard InChI is InChI=1S/C15H13F3O/c16-13-3-1-2-11(7-13)12(9-19)4-10-5-14(17)8-15(18)6-10/h1-3,5-8,12,19H,4,9H2. The highest BCUT2D eigenvalue weighted by Crippen LogP contribution is 2.22. The third kappa shape index (κ3) is 3.58. The number of rotatable bonds is 4. The summed E-state index contributed by atoms with van der Waals surface area (Å²) >= 11 is 0. The molecule has 0 saturated heterocycles. The number of hydrogen-bond donors (Lipinski definition) is 1. The van der Waals surface area contributed by atoms with E-state index in [-0.39, 0.29) is 13.0 Å². The van der Waals surface area contributed by atoms with Gasteiger partial charge in [0.1, 0.15) is 17.5 Å². The van der Waals surface area contributed by atoms with E-state index in [1.807, 2.05) is 0 Å². The minimum absolute atomic E-state index is 0.221. The molecule has 0 aromatic heterocycles. The first-order valence-electron chi connectivity index (χ1n) is 5.90. The maximum absolute atomic E-state index is 13.1. The van der Waals surface area contributed by atoms with Crippen molar-refractivity contribution in [2.24, 2.45) is 0 Å². The Kier molecular flexibility index (Phi) is 4.22. The molecule has 100 valence electrons. The van der Waals surface area contributed by atoms with Gasteiger partial charge in [-0.3, -0.25) is 0 Å². The summed E-state index contributed by atoms with van der Waals surface area (Å²) in [5.74, 6) is -2.12. The first-order valence-corrected chi connectivity index (χ1v) is 5.90. The molecule has 1 nitrogen and oxygen atoms in total. The van der Waals surface area contributed by atoms with Crippen molar-refractivity contribution in [1.29, 1.82) is 0 Å². The van der Waals surface area contributed by atoms with E-state index in [1.54, 1.807) is 12.1 Å². The summed E-state index contributed by atoms with van der Waals surface area (Å²) in [6, 6.07) is 9.06. The van der Waals surface area contributed by atoms with Gasteiger partial charge in [-0.2, -0.15) is 0 Å². The lowest BCUT2D eigenvalue weighted by molar-refractivity contribution is 0.264. The van der Waals surface area contributed by atoms with Crippen molar-refractivity contribution in [2.75, 3.05) is 6.61 Å². The molecule has 0 spiro atoms. The van der Waals surface area contributed by atoms with Crippen LogP contribution in [0.3, 0.4) is 0 Å². The molecule has 2 aromatic rings. The number of aliphatic hydroxyl groups excluding tert-OH is 1. The zero-order valence-corrected chi connectivity index (χ0v) is 10.1. The average molecular weight is 266 g/mol. The Morgan fingerprint density at radius 3 is 2.16 bits per heavy atom. The Labute approximate surface area is 109 Å². The lowest BCUT2D eigenvalue weighted by Gasteiger charge is -2.15. The topological polar surface area (TPSA) is 20.2 Å². The molecular formula is C15H13F3O. The largest absolute Gasteiger partial charge is 0.396 e. The highest BCUT2D eigenvalue weighted by molar-refractivity contribution is 5.25. The third-order valence-corrected chi connectivity index (χ3v) is 2.94. The number of halogens is 3. The van der Waals surface area contributed by atoms with E-state index in [2.05, 4.69) is 0 Å². The summed E-state index contributed by atoms with van der Waals surface area (Å²) in [6.45, 7) is -0.221. The second-order valence-electron chi connectivity index (χ2n) is 4.42. The van der Waals surface area contributed by atoms with E-state index in [9.17, 15) is 18.3 Å². The van der Waals surface area contributed by atoms with E-state index in [0.717, 1.165) is 6.07 Å². The molecule has 0 aliphatic rings. The Balaban J connectivity index is 2.23. The second kappa shape index (κ2) is 5.89. The van der Waals surface area contributed by atoms with Gasteiger partial charge in [-0.25, -0.2) is 13.2 Å². The summed E-state index contributed by atoms with van der Waals surface area (Å²) in [5.41, 5.74) is 1.04. The summed E-state index contributed by atoms with van der Waals surface area (Å²) in [7, 11) is 0. The molecule has 0 heterocycles. The van der Waals surface area contributed by atoms with Gasteiger partial charge in [-0.15, -0.1) is 0 Å². The van der Waals surface area contributed by atoms with Gasteiger partial charge < -0.3 is 5.11 Å². The second-order valence-corrected chi connectivity index (χ2v) is 4.42. The molecule has 0 aliphatic heterocycles. The Hall–Kier alpha value is -1.81. The van der Waals surface area contributed by atoms with Crippen LogP contribution in [0.5, 0.6) is 0 Å². The molecule has 2 aromatic carbocycles. The lowest BCUT2D eigenvalue weighted by atomic mass is 9.92. The van der Waals surface area contributed by atoms with Crippen molar-refractivity contribution in [2.45, 2.75) is 12.3 Å². The van der Waals surface area contributed by atoms with Crippen LogP contribution in [0.1, 0.15) is 17.0 Å². The predicted molar refractivity (Wildman–Crippen MR) is 66.3 cm³/mol. The Bertz CT molecular complexity index is 549. The highest BCUT2D eigenvalue weighted by atomic mass is 19.1. The first-order chi connectivity index (χ1) is 9.08. The molecular weight excluding hydrogens is 253 g/mol. The number of benzene rings is 2. The minimum Gasteiger partial charge on any atom is -0.396 e. The molecule has 4 heteroatoms. The molecule has 0 radical (unpaired) electrons. The van der Waals surface area contributed by atoms with Crippen LogP contribution < -0.4 is 0 Å². The summed E-state index contributed by atoms with van der Waals surface area (Å²) in [5, 5.41) is 9.36. The number of hydrogen-bond acceptors (Lipinski definition) is 1. The van der Waals surface area contributed by atoms with E-state index < -0.39 is 23.4 Å². The normalized spacial score (nSPS) is 12.4. The maximum atomic E-state index is 13.1.